The molecule has 0 radical (unpaired) electrons. The second-order valence-corrected chi connectivity index (χ2v) is 7.28. The van der Waals surface area contributed by atoms with Crippen molar-refractivity contribution in [1.29, 1.82) is 5.26 Å². The number of benzene rings is 3. The Labute approximate surface area is 192 Å². The van der Waals surface area contributed by atoms with E-state index >= 15 is 0 Å². The van der Waals surface area contributed by atoms with E-state index in [1.54, 1.807) is 20.4 Å². The van der Waals surface area contributed by atoms with Gasteiger partial charge in [-0.25, -0.2) is 4.98 Å². The van der Waals surface area contributed by atoms with Crippen molar-refractivity contribution in [2.75, 3.05) is 20.0 Å². The number of nitrogens with two attached hydrogens (primary N) is 1. The summed E-state index contributed by atoms with van der Waals surface area (Å²) in [5, 5.41) is 9.77. The molecule has 3 aromatic carbocycles. The molecule has 4 rings (SSSR count). The number of hydrogen-bond acceptors (Lipinski definition) is 6. The van der Waals surface area contributed by atoms with Crippen LogP contribution in [0.1, 0.15) is 11.1 Å². The topological polar surface area (TPSA) is 90.4 Å². The fraction of sp³-hybridized carbons (Fsp3) is 0.111. The first-order valence-corrected chi connectivity index (χ1v) is 10.3. The van der Waals surface area contributed by atoms with Crippen molar-refractivity contribution in [1.82, 2.24) is 4.98 Å². The Kier molecular flexibility index (Phi) is 6.42. The highest BCUT2D eigenvalue weighted by Crippen LogP contribution is 2.37. The van der Waals surface area contributed by atoms with E-state index in [1.807, 2.05) is 72.8 Å². The van der Waals surface area contributed by atoms with Gasteiger partial charge >= 0.3 is 0 Å². The van der Waals surface area contributed by atoms with E-state index in [1.165, 1.54) is 0 Å². The molecule has 0 amide bonds. The van der Waals surface area contributed by atoms with Crippen LogP contribution in [0.4, 0.5) is 5.82 Å². The minimum Gasteiger partial charge on any atom is -0.497 e. The summed E-state index contributed by atoms with van der Waals surface area (Å²) in [6.07, 6.45) is 1.71. The Morgan fingerprint density at radius 3 is 2.27 bits per heavy atom. The van der Waals surface area contributed by atoms with Crippen molar-refractivity contribution in [2.45, 2.75) is 6.61 Å². The predicted octanol–water partition coefficient (Wildman–Crippen LogP) is 5.47. The van der Waals surface area contributed by atoms with Gasteiger partial charge in [-0.3, -0.25) is 0 Å². The van der Waals surface area contributed by atoms with Gasteiger partial charge in [-0.05, 0) is 41.5 Å². The lowest BCUT2D eigenvalue weighted by Crippen LogP contribution is -2.01. The van der Waals surface area contributed by atoms with Gasteiger partial charge in [0, 0.05) is 22.9 Å². The molecule has 4 aromatic rings. The summed E-state index contributed by atoms with van der Waals surface area (Å²) >= 11 is 0. The highest BCUT2D eigenvalue weighted by Gasteiger charge is 2.16. The van der Waals surface area contributed by atoms with Gasteiger partial charge in [0.05, 0.1) is 14.2 Å². The van der Waals surface area contributed by atoms with Crippen LogP contribution in [0.25, 0.3) is 22.3 Å². The second kappa shape index (κ2) is 9.75. The molecule has 0 atom stereocenters. The molecule has 0 saturated carbocycles. The first-order chi connectivity index (χ1) is 16.1. The van der Waals surface area contributed by atoms with Crippen molar-refractivity contribution in [3.05, 3.63) is 90.1 Å². The van der Waals surface area contributed by atoms with Crippen LogP contribution in [-0.4, -0.2) is 19.2 Å². The van der Waals surface area contributed by atoms with Crippen LogP contribution in [0, 0.1) is 11.3 Å². The average molecular weight is 437 g/mol. The largest absolute Gasteiger partial charge is 0.497 e. The molecular weight excluding hydrogens is 414 g/mol. The monoisotopic (exact) mass is 437 g/mol. The Morgan fingerprint density at radius 2 is 1.61 bits per heavy atom. The normalized spacial score (nSPS) is 10.3. The molecule has 164 valence electrons. The average Bonchev–Trinajstić information content (AvgIpc) is 2.87. The molecule has 6 nitrogen and oxygen atoms in total. The molecule has 0 aliphatic rings. The number of pyridine rings is 1. The quantitative estimate of drug-likeness (QED) is 0.413. The van der Waals surface area contributed by atoms with E-state index in [2.05, 4.69) is 11.1 Å². The first kappa shape index (κ1) is 21.7. The van der Waals surface area contributed by atoms with Crippen LogP contribution >= 0.6 is 0 Å². The van der Waals surface area contributed by atoms with E-state index in [0.29, 0.717) is 17.9 Å². The Bertz CT molecular complexity index is 1300. The summed E-state index contributed by atoms with van der Waals surface area (Å²) in [4.78, 5) is 4.23. The number of nitrogen functional groups attached to an aromatic ring is 1. The van der Waals surface area contributed by atoms with E-state index in [0.717, 1.165) is 39.3 Å². The van der Waals surface area contributed by atoms with Gasteiger partial charge in [0.25, 0.3) is 0 Å². The van der Waals surface area contributed by atoms with Crippen LogP contribution in [0.2, 0.25) is 0 Å². The van der Waals surface area contributed by atoms with Crippen molar-refractivity contribution in [3.63, 3.8) is 0 Å². The molecule has 0 spiro atoms. The maximum absolute atomic E-state index is 9.77. The highest BCUT2D eigenvalue weighted by molar-refractivity contribution is 5.89. The van der Waals surface area contributed by atoms with Crippen LogP contribution in [0.3, 0.4) is 0 Å². The zero-order valence-corrected chi connectivity index (χ0v) is 18.4. The lowest BCUT2D eigenvalue weighted by Gasteiger charge is -2.14. The molecule has 0 unspecified atom stereocenters. The maximum Gasteiger partial charge on any atom is 0.141 e. The molecular formula is C27H23N3O3. The number of methoxy groups -OCH3 is 2. The summed E-state index contributed by atoms with van der Waals surface area (Å²) in [6.45, 7) is 0.320. The minimum absolute atomic E-state index is 0.206. The van der Waals surface area contributed by atoms with Gasteiger partial charge in [-0.2, -0.15) is 5.26 Å². The molecule has 0 saturated heterocycles. The van der Waals surface area contributed by atoms with Gasteiger partial charge in [-0.1, -0.05) is 42.5 Å². The molecule has 33 heavy (non-hydrogen) atoms. The van der Waals surface area contributed by atoms with E-state index in [4.69, 9.17) is 19.9 Å². The molecule has 1 aromatic heterocycles. The van der Waals surface area contributed by atoms with E-state index in [-0.39, 0.29) is 5.82 Å². The summed E-state index contributed by atoms with van der Waals surface area (Å²) in [5.74, 6) is 2.35. The van der Waals surface area contributed by atoms with Gasteiger partial charge < -0.3 is 19.9 Å². The maximum atomic E-state index is 9.77. The van der Waals surface area contributed by atoms with Crippen molar-refractivity contribution >= 4 is 5.82 Å². The third kappa shape index (κ3) is 4.58. The number of rotatable bonds is 7. The summed E-state index contributed by atoms with van der Waals surface area (Å²) in [5.41, 5.74) is 10.7. The van der Waals surface area contributed by atoms with Crippen molar-refractivity contribution in [2.24, 2.45) is 0 Å². The summed E-state index contributed by atoms with van der Waals surface area (Å²) < 4.78 is 16.7. The number of anilines is 1. The second-order valence-electron chi connectivity index (χ2n) is 7.28. The predicted molar refractivity (Wildman–Crippen MR) is 128 cm³/mol. The molecule has 2 N–H and O–H groups in total. The lowest BCUT2D eigenvalue weighted by molar-refractivity contribution is 0.295. The minimum atomic E-state index is 0.206. The summed E-state index contributed by atoms with van der Waals surface area (Å²) in [6, 6.07) is 25.2. The molecule has 0 fully saturated rings. The zero-order chi connectivity index (χ0) is 23.2. The number of aromatic nitrogens is 1. The summed E-state index contributed by atoms with van der Waals surface area (Å²) in [7, 11) is 3.24. The van der Waals surface area contributed by atoms with E-state index in [9.17, 15) is 5.26 Å². The number of nitrogens with zero attached hydrogens (tertiary/aromatic N) is 2. The SMILES string of the molecule is COc1ccc(OC)c(COc2ccc(-c3c(-c4ccccc4)cnc(N)c3C#N)cc2)c1. The van der Waals surface area contributed by atoms with Crippen molar-refractivity contribution in [3.8, 4) is 45.6 Å². The first-order valence-electron chi connectivity index (χ1n) is 10.3. The highest BCUT2D eigenvalue weighted by atomic mass is 16.5. The van der Waals surface area contributed by atoms with Crippen LogP contribution in [0.5, 0.6) is 17.2 Å². The lowest BCUT2D eigenvalue weighted by atomic mass is 9.92. The van der Waals surface area contributed by atoms with Gasteiger partial charge in [0.2, 0.25) is 0 Å². The fourth-order valence-corrected chi connectivity index (χ4v) is 3.65. The van der Waals surface area contributed by atoms with Crippen LogP contribution in [0.15, 0.2) is 79.0 Å². The van der Waals surface area contributed by atoms with Crippen LogP contribution < -0.4 is 19.9 Å². The third-order valence-electron chi connectivity index (χ3n) is 5.33. The van der Waals surface area contributed by atoms with Crippen LogP contribution in [-0.2, 0) is 6.61 Å². The van der Waals surface area contributed by atoms with Gasteiger partial charge in [0.15, 0.2) is 0 Å². The number of hydrogen-bond donors (Lipinski definition) is 1. The molecule has 1 heterocycles. The van der Waals surface area contributed by atoms with Gasteiger partial charge in [0.1, 0.15) is 41.3 Å². The van der Waals surface area contributed by atoms with Gasteiger partial charge in [-0.15, -0.1) is 0 Å². The number of nitriles is 1. The zero-order valence-electron chi connectivity index (χ0n) is 18.4. The smallest absolute Gasteiger partial charge is 0.141 e. The Hall–Kier alpha value is -4.50. The molecule has 0 aliphatic heterocycles. The third-order valence-corrected chi connectivity index (χ3v) is 5.33. The fourth-order valence-electron chi connectivity index (χ4n) is 3.65. The standard InChI is InChI=1S/C27H23N3O3/c1-31-22-12-13-25(32-2)20(14-22)17-33-21-10-8-19(9-11-21)26-23(15-28)27(29)30-16-24(26)18-6-4-3-5-7-18/h3-14,16H,17H2,1-2H3,(H2,29,30). The molecule has 6 heteroatoms. The Morgan fingerprint density at radius 1 is 0.879 bits per heavy atom. The Balaban J connectivity index is 1.65. The van der Waals surface area contributed by atoms with Crippen molar-refractivity contribution < 1.29 is 14.2 Å². The molecule has 0 aliphatic carbocycles. The molecule has 0 bridgehead atoms. The van der Waals surface area contributed by atoms with E-state index < -0.39 is 0 Å². The number of ether oxygens (including phenoxy) is 3.